The van der Waals surface area contributed by atoms with Crippen molar-refractivity contribution in [1.29, 1.82) is 0 Å². The first-order valence-electron chi connectivity index (χ1n) is 15.7. The fourth-order valence-corrected chi connectivity index (χ4v) is 5.14. The molecule has 0 bridgehead atoms. The number of benzene rings is 2. The fraction of sp³-hybridized carbons (Fsp3) is 0.485. The number of morpholine rings is 1. The highest BCUT2D eigenvalue weighted by molar-refractivity contribution is 6.01. The standard InChI is InChI=1S/C33H44N6O7/c1-33(2)32(44)37-25(21-23-9-4-3-5-10-23)30(42)34-13-8-18-46-27-12-7-6-11-24(27)29(41)36-26(22-28(40)38-33)31(43)35-14-15-39-16-19-45-20-17-39/h3-7,9-12,25-26H,8,13-22H2,1-2H3,(H,34,42)(H,35,43)(H,36,41)(H,37,44)(H,38,40)/t25-,26-/m0/s1. The Morgan fingerprint density at radius 2 is 1.67 bits per heavy atom. The van der Waals surface area contributed by atoms with E-state index in [1.807, 2.05) is 30.3 Å². The maximum Gasteiger partial charge on any atom is 0.255 e. The van der Waals surface area contributed by atoms with Crippen LogP contribution in [0.1, 0.15) is 42.6 Å². The summed E-state index contributed by atoms with van der Waals surface area (Å²) < 4.78 is 11.2. The van der Waals surface area contributed by atoms with E-state index >= 15 is 0 Å². The Morgan fingerprint density at radius 3 is 2.43 bits per heavy atom. The normalized spacial score (nSPS) is 22.0. The van der Waals surface area contributed by atoms with Crippen LogP contribution < -0.4 is 31.3 Å². The van der Waals surface area contributed by atoms with Crippen molar-refractivity contribution in [2.24, 2.45) is 0 Å². The van der Waals surface area contributed by atoms with Crippen molar-refractivity contribution in [1.82, 2.24) is 31.5 Å². The third kappa shape index (κ3) is 10.3. The smallest absolute Gasteiger partial charge is 0.255 e. The zero-order valence-corrected chi connectivity index (χ0v) is 26.4. The third-order valence-electron chi connectivity index (χ3n) is 7.78. The topological polar surface area (TPSA) is 167 Å². The van der Waals surface area contributed by atoms with Gasteiger partial charge in [-0.05, 0) is 38.0 Å². The van der Waals surface area contributed by atoms with Crippen LogP contribution in [-0.4, -0.2) is 105 Å². The number of rotatable bonds is 6. The molecule has 0 aliphatic carbocycles. The second-order valence-corrected chi connectivity index (χ2v) is 11.9. The average molecular weight is 637 g/mol. The number of nitrogens with one attached hydrogen (secondary N) is 5. The van der Waals surface area contributed by atoms with Crippen LogP contribution in [0.5, 0.6) is 5.75 Å². The van der Waals surface area contributed by atoms with Gasteiger partial charge >= 0.3 is 0 Å². The fourth-order valence-electron chi connectivity index (χ4n) is 5.14. The quantitative estimate of drug-likeness (QED) is 0.299. The van der Waals surface area contributed by atoms with Crippen LogP contribution in [-0.2, 0) is 30.3 Å². The van der Waals surface area contributed by atoms with Gasteiger partial charge in [0.25, 0.3) is 5.91 Å². The molecule has 1 saturated heterocycles. The summed E-state index contributed by atoms with van der Waals surface area (Å²) in [5.74, 6) is -2.42. The van der Waals surface area contributed by atoms with Gasteiger partial charge in [0, 0.05) is 39.1 Å². The molecular formula is C33H44N6O7. The minimum absolute atomic E-state index is 0.196. The van der Waals surface area contributed by atoms with Crippen LogP contribution in [0.2, 0.25) is 0 Å². The van der Waals surface area contributed by atoms with Crippen molar-refractivity contribution in [3.63, 3.8) is 0 Å². The van der Waals surface area contributed by atoms with Crippen molar-refractivity contribution in [3.8, 4) is 5.75 Å². The van der Waals surface area contributed by atoms with Crippen LogP contribution in [0, 0.1) is 0 Å². The summed E-state index contributed by atoms with van der Waals surface area (Å²) in [5.41, 5.74) is -0.397. The average Bonchev–Trinajstić information content (AvgIpc) is 3.04. The molecule has 0 radical (unpaired) electrons. The first kappa shape index (κ1) is 34.4. The van der Waals surface area contributed by atoms with Gasteiger partial charge in [-0.1, -0.05) is 42.5 Å². The monoisotopic (exact) mass is 636 g/mol. The lowest BCUT2D eigenvalue weighted by molar-refractivity contribution is -0.135. The molecule has 4 rings (SSSR count). The summed E-state index contributed by atoms with van der Waals surface area (Å²) >= 11 is 0. The van der Waals surface area contributed by atoms with Gasteiger partial charge in [0.1, 0.15) is 23.4 Å². The van der Waals surface area contributed by atoms with Gasteiger partial charge in [-0.15, -0.1) is 0 Å². The van der Waals surface area contributed by atoms with Crippen molar-refractivity contribution in [3.05, 3.63) is 65.7 Å². The first-order chi connectivity index (χ1) is 22.1. The Balaban J connectivity index is 1.53. The highest BCUT2D eigenvalue weighted by Crippen LogP contribution is 2.19. The number of carbonyl (C=O) groups excluding carboxylic acids is 5. The maximum atomic E-state index is 13.4. The second kappa shape index (κ2) is 16.7. The zero-order chi connectivity index (χ0) is 32.9. The molecule has 1 fully saturated rings. The van der Waals surface area contributed by atoms with Crippen molar-refractivity contribution < 1.29 is 33.4 Å². The molecule has 2 aromatic rings. The summed E-state index contributed by atoms with van der Waals surface area (Å²) in [4.78, 5) is 68.9. The molecule has 0 spiro atoms. The van der Waals surface area contributed by atoms with E-state index in [1.165, 1.54) is 13.8 Å². The molecule has 13 heteroatoms. The molecule has 248 valence electrons. The van der Waals surface area contributed by atoms with Crippen LogP contribution in [0.4, 0.5) is 0 Å². The minimum atomic E-state index is -1.44. The van der Waals surface area contributed by atoms with Gasteiger partial charge in [-0.2, -0.15) is 0 Å². The highest BCUT2D eigenvalue weighted by atomic mass is 16.5. The Morgan fingerprint density at radius 1 is 0.957 bits per heavy atom. The molecule has 2 aliphatic rings. The van der Waals surface area contributed by atoms with Gasteiger partial charge in [-0.3, -0.25) is 28.9 Å². The number of ether oxygens (including phenoxy) is 2. The zero-order valence-electron chi connectivity index (χ0n) is 26.4. The minimum Gasteiger partial charge on any atom is -0.493 e. The molecular weight excluding hydrogens is 592 g/mol. The van der Waals surface area contributed by atoms with E-state index in [9.17, 15) is 24.0 Å². The Hall–Kier alpha value is -4.49. The number of hydrogen-bond acceptors (Lipinski definition) is 8. The van der Waals surface area contributed by atoms with Crippen LogP contribution in [0.25, 0.3) is 0 Å². The SMILES string of the molecule is CC1(C)NC(=O)C[C@@H](C(=O)NCCN2CCOCC2)NC(=O)c2ccccc2OCCCNC(=O)[C@H](Cc2ccccc2)NC1=O. The molecule has 13 nitrogen and oxygen atoms in total. The number of nitrogens with zero attached hydrogens (tertiary/aromatic N) is 1. The van der Waals surface area contributed by atoms with Gasteiger partial charge < -0.3 is 36.1 Å². The molecule has 0 saturated carbocycles. The summed E-state index contributed by atoms with van der Waals surface area (Å²) in [7, 11) is 0. The van der Waals surface area contributed by atoms with E-state index in [2.05, 4.69) is 31.5 Å². The lowest BCUT2D eigenvalue weighted by Gasteiger charge is -2.29. The van der Waals surface area contributed by atoms with Crippen LogP contribution >= 0.6 is 0 Å². The molecule has 5 N–H and O–H groups in total. The molecule has 2 aliphatic heterocycles. The first-order valence-corrected chi connectivity index (χ1v) is 15.7. The van der Waals surface area contributed by atoms with E-state index in [4.69, 9.17) is 9.47 Å². The lowest BCUT2D eigenvalue weighted by atomic mass is 10.00. The largest absolute Gasteiger partial charge is 0.493 e. The van der Waals surface area contributed by atoms with E-state index in [1.54, 1.807) is 24.3 Å². The Bertz CT molecular complexity index is 1360. The maximum absolute atomic E-state index is 13.4. The summed E-state index contributed by atoms with van der Waals surface area (Å²) in [6.45, 7) is 7.13. The second-order valence-electron chi connectivity index (χ2n) is 11.9. The molecule has 2 atom stereocenters. The van der Waals surface area contributed by atoms with Gasteiger partial charge in [0.15, 0.2) is 0 Å². The Kier molecular flexibility index (Phi) is 12.5. The van der Waals surface area contributed by atoms with E-state index in [-0.39, 0.29) is 31.0 Å². The summed E-state index contributed by atoms with van der Waals surface area (Å²) in [5, 5.41) is 13.8. The number of para-hydroxylation sites is 1. The third-order valence-corrected chi connectivity index (χ3v) is 7.78. The van der Waals surface area contributed by atoms with Gasteiger partial charge in [-0.25, -0.2) is 0 Å². The van der Waals surface area contributed by atoms with Gasteiger partial charge in [0.2, 0.25) is 23.6 Å². The number of fused-ring (bicyclic) bond motifs is 1. The van der Waals surface area contributed by atoms with E-state index in [0.29, 0.717) is 38.5 Å². The van der Waals surface area contributed by atoms with Crippen molar-refractivity contribution >= 4 is 29.5 Å². The molecule has 0 unspecified atom stereocenters. The highest BCUT2D eigenvalue weighted by Gasteiger charge is 2.35. The van der Waals surface area contributed by atoms with Crippen molar-refractivity contribution in [2.45, 2.75) is 50.7 Å². The molecule has 0 aromatic heterocycles. The number of amides is 5. The number of hydrogen-bond donors (Lipinski definition) is 5. The summed E-state index contributed by atoms with van der Waals surface area (Å²) in [6, 6.07) is 13.8. The van der Waals surface area contributed by atoms with Crippen LogP contribution in [0.15, 0.2) is 54.6 Å². The predicted octanol–water partition coefficient (Wildman–Crippen LogP) is 0.145. The van der Waals surface area contributed by atoms with E-state index < -0.39 is 47.7 Å². The Labute approximate surface area is 269 Å². The van der Waals surface area contributed by atoms with E-state index in [0.717, 1.165) is 18.7 Å². The molecule has 5 amide bonds. The van der Waals surface area contributed by atoms with Gasteiger partial charge in [0.05, 0.1) is 31.8 Å². The lowest BCUT2D eigenvalue weighted by Crippen LogP contribution is -2.60. The summed E-state index contributed by atoms with van der Waals surface area (Å²) in [6.07, 6.45) is 0.247. The molecule has 46 heavy (non-hydrogen) atoms. The molecule has 2 aromatic carbocycles. The predicted molar refractivity (Wildman–Crippen MR) is 170 cm³/mol. The number of carbonyl (C=O) groups is 5. The van der Waals surface area contributed by atoms with Crippen molar-refractivity contribution in [2.75, 3.05) is 52.5 Å². The molecule has 2 heterocycles. The van der Waals surface area contributed by atoms with Crippen LogP contribution in [0.3, 0.4) is 0 Å².